The van der Waals surface area contributed by atoms with E-state index in [0.717, 1.165) is 10.6 Å². The summed E-state index contributed by atoms with van der Waals surface area (Å²) in [6.07, 6.45) is 1.65. The number of piperidine rings is 1. The second-order valence-electron chi connectivity index (χ2n) is 7.67. The quantitative estimate of drug-likeness (QED) is 0.704. The fraction of sp³-hybridized carbons (Fsp3) is 0.381. The first-order valence-electron chi connectivity index (χ1n) is 10.1. The van der Waals surface area contributed by atoms with Gasteiger partial charge in [-0.05, 0) is 31.0 Å². The maximum absolute atomic E-state index is 13.7. The topological polar surface area (TPSA) is 115 Å². The number of benzene rings is 1. The molecule has 0 bridgehead atoms. The van der Waals surface area contributed by atoms with Crippen LogP contribution in [0.15, 0.2) is 30.3 Å². The van der Waals surface area contributed by atoms with Crippen molar-refractivity contribution in [3.05, 3.63) is 47.5 Å². The summed E-state index contributed by atoms with van der Waals surface area (Å²) in [5, 5.41) is 9.40. The molecule has 10 heteroatoms. The van der Waals surface area contributed by atoms with E-state index in [1.54, 1.807) is 17.0 Å². The predicted octanol–water partition coefficient (Wildman–Crippen LogP) is 1.66. The molecule has 162 valence electrons. The number of imide groups is 1. The van der Waals surface area contributed by atoms with Crippen molar-refractivity contribution in [3.63, 3.8) is 0 Å². The minimum absolute atomic E-state index is 0.0823. The number of amides is 4. The van der Waals surface area contributed by atoms with Gasteiger partial charge >= 0.3 is 0 Å². The van der Waals surface area contributed by atoms with E-state index in [0.29, 0.717) is 25.9 Å². The van der Waals surface area contributed by atoms with Gasteiger partial charge in [0.05, 0.1) is 5.69 Å². The Morgan fingerprint density at radius 1 is 1.13 bits per heavy atom. The summed E-state index contributed by atoms with van der Waals surface area (Å²) in [4.78, 5) is 50.9. The molecule has 2 aliphatic rings. The van der Waals surface area contributed by atoms with E-state index in [1.807, 2.05) is 0 Å². The molecule has 1 aromatic carbocycles. The highest BCUT2D eigenvalue weighted by atomic mass is 19.1. The van der Waals surface area contributed by atoms with Gasteiger partial charge < -0.3 is 10.2 Å². The summed E-state index contributed by atoms with van der Waals surface area (Å²) in [5.74, 6) is -1.79. The van der Waals surface area contributed by atoms with Crippen molar-refractivity contribution in [1.29, 1.82) is 0 Å². The normalized spacial score (nSPS) is 17.3. The van der Waals surface area contributed by atoms with Crippen LogP contribution in [-0.2, 0) is 14.4 Å². The van der Waals surface area contributed by atoms with Crippen LogP contribution in [0.25, 0.3) is 0 Å². The molecule has 31 heavy (non-hydrogen) atoms. The zero-order valence-corrected chi connectivity index (χ0v) is 16.8. The molecular weight excluding hydrogens is 405 g/mol. The van der Waals surface area contributed by atoms with Crippen molar-refractivity contribution < 1.29 is 23.6 Å². The van der Waals surface area contributed by atoms with E-state index in [9.17, 15) is 23.6 Å². The molecule has 4 rings (SSSR count). The summed E-state index contributed by atoms with van der Waals surface area (Å²) in [7, 11) is 0. The number of para-hydroxylation sites is 1. The summed E-state index contributed by atoms with van der Waals surface area (Å²) < 4.78 is 13.7. The molecule has 0 spiro atoms. The number of carbonyl (C=O) groups is 4. The molecule has 2 fully saturated rings. The molecule has 2 N–H and O–H groups in total. The molecule has 4 amide bonds. The van der Waals surface area contributed by atoms with Crippen LogP contribution in [0.4, 0.5) is 10.1 Å². The highest BCUT2D eigenvalue weighted by molar-refractivity contribution is 6.04. The molecule has 9 nitrogen and oxygen atoms in total. The van der Waals surface area contributed by atoms with Crippen LogP contribution in [-0.4, -0.2) is 63.3 Å². The largest absolute Gasteiger partial charge is 0.341 e. The number of likely N-dealkylation sites (tertiary alicyclic amines) is 2. The first-order chi connectivity index (χ1) is 14.9. The first-order valence-corrected chi connectivity index (χ1v) is 10.1. The number of nitrogens with one attached hydrogen (secondary N) is 2. The minimum atomic E-state index is -0.527. The van der Waals surface area contributed by atoms with Gasteiger partial charge in [0.15, 0.2) is 5.69 Å². The predicted molar refractivity (Wildman–Crippen MR) is 107 cm³/mol. The summed E-state index contributed by atoms with van der Waals surface area (Å²) in [6.45, 7) is 0.762. The molecule has 2 aliphatic heterocycles. The number of aromatic nitrogens is 2. The van der Waals surface area contributed by atoms with Gasteiger partial charge in [0, 0.05) is 37.5 Å². The minimum Gasteiger partial charge on any atom is -0.341 e. The Bertz CT molecular complexity index is 1010. The van der Waals surface area contributed by atoms with Crippen molar-refractivity contribution in [2.24, 2.45) is 0 Å². The van der Waals surface area contributed by atoms with Gasteiger partial charge in [-0.25, -0.2) is 4.39 Å². The molecule has 0 aliphatic carbocycles. The van der Waals surface area contributed by atoms with Gasteiger partial charge in [-0.3, -0.25) is 29.2 Å². The standard InChI is InChI=1S/C21H22FN5O4/c22-14-3-1-2-4-15(14)23-21(31)17-11-16(24-25-17)13-7-9-26(10-8-13)20(30)12-27-18(28)5-6-19(27)29/h1-4,11,13H,5-10,12H2,(H,23,31)(H,24,25). The molecule has 2 aromatic rings. The van der Waals surface area contributed by atoms with Crippen LogP contribution in [0.1, 0.15) is 47.8 Å². The fourth-order valence-corrected chi connectivity index (χ4v) is 3.89. The van der Waals surface area contributed by atoms with E-state index in [4.69, 9.17) is 0 Å². The van der Waals surface area contributed by atoms with Gasteiger partial charge in [-0.15, -0.1) is 0 Å². The zero-order chi connectivity index (χ0) is 22.0. The number of carbonyl (C=O) groups excluding carboxylic acids is 4. The van der Waals surface area contributed by atoms with Crippen LogP contribution in [0.3, 0.4) is 0 Å². The molecule has 2 saturated heterocycles. The highest BCUT2D eigenvalue weighted by Gasteiger charge is 2.33. The third-order valence-corrected chi connectivity index (χ3v) is 5.69. The maximum atomic E-state index is 13.7. The third kappa shape index (κ3) is 4.47. The molecule has 0 atom stereocenters. The van der Waals surface area contributed by atoms with Gasteiger partial charge in [0.1, 0.15) is 12.4 Å². The summed E-state index contributed by atoms with van der Waals surface area (Å²) in [5.41, 5.74) is 1.01. The highest BCUT2D eigenvalue weighted by Crippen LogP contribution is 2.27. The molecule has 1 aromatic heterocycles. The first kappa shape index (κ1) is 20.7. The van der Waals surface area contributed by atoms with Crippen LogP contribution >= 0.6 is 0 Å². The lowest BCUT2D eigenvalue weighted by Crippen LogP contribution is -2.45. The SMILES string of the molecule is O=C(Nc1ccccc1F)c1cc(C2CCN(C(=O)CN3C(=O)CCC3=O)CC2)[nH]n1. The Kier molecular flexibility index (Phi) is 5.79. The van der Waals surface area contributed by atoms with E-state index in [1.165, 1.54) is 18.2 Å². The third-order valence-electron chi connectivity index (χ3n) is 5.69. The number of hydrogen-bond donors (Lipinski definition) is 2. The molecular formula is C21H22FN5O4. The van der Waals surface area contributed by atoms with Gasteiger partial charge in [0.25, 0.3) is 5.91 Å². The average molecular weight is 427 g/mol. The number of H-pyrrole nitrogens is 1. The fourth-order valence-electron chi connectivity index (χ4n) is 3.89. The smallest absolute Gasteiger partial charge is 0.276 e. The molecule has 0 saturated carbocycles. The number of anilines is 1. The van der Waals surface area contributed by atoms with E-state index >= 15 is 0 Å². The van der Waals surface area contributed by atoms with Gasteiger partial charge in [-0.1, -0.05) is 12.1 Å². The molecule has 0 unspecified atom stereocenters. The Labute approximate surface area is 177 Å². The van der Waals surface area contributed by atoms with Crippen LogP contribution in [0, 0.1) is 5.82 Å². The van der Waals surface area contributed by atoms with E-state index in [2.05, 4.69) is 15.5 Å². The Morgan fingerprint density at radius 3 is 2.48 bits per heavy atom. The van der Waals surface area contributed by atoms with Crippen molar-refractivity contribution in [1.82, 2.24) is 20.0 Å². The van der Waals surface area contributed by atoms with Crippen LogP contribution < -0.4 is 5.32 Å². The maximum Gasteiger partial charge on any atom is 0.276 e. The second kappa shape index (κ2) is 8.66. The van der Waals surface area contributed by atoms with Crippen LogP contribution in [0.5, 0.6) is 0 Å². The zero-order valence-electron chi connectivity index (χ0n) is 16.8. The average Bonchev–Trinajstić information content (AvgIpc) is 3.38. The van der Waals surface area contributed by atoms with Crippen molar-refractivity contribution in [2.45, 2.75) is 31.6 Å². The van der Waals surface area contributed by atoms with Crippen molar-refractivity contribution in [2.75, 3.05) is 25.0 Å². The van der Waals surface area contributed by atoms with E-state index < -0.39 is 11.7 Å². The number of aromatic amines is 1. The monoisotopic (exact) mass is 427 g/mol. The van der Waals surface area contributed by atoms with Crippen molar-refractivity contribution >= 4 is 29.3 Å². The Morgan fingerprint density at radius 2 is 1.81 bits per heavy atom. The van der Waals surface area contributed by atoms with Gasteiger partial charge in [-0.2, -0.15) is 5.10 Å². The second-order valence-corrected chi connectivity index (χ2v) is 7.67. The number of rotatable bonds is 5. The summed E-state index contributed by atoms with van der Waals surface area (Å²) in [6, 6.07) is 7.53. The summed E-state index contributed by atoms with van der Waals surface area (Å²) >= 11 is 0. The Hall–Kier alpha value is -3.56. The number of hydrogen-bond acceptors (Lipinski definition) is 5. The van der Waals surface area contributed by atoms with Gasteiger partial charge in [0.2, 0.25) is 17.7 Å². The van der Waals surface area contributed by atoms with Crippen molar-refractivity contribution in [3.8, 4) is 0 Å². The molecule has 0 radical (unpaired) electrons. The van der Waals surface area contributed by atoms with E-state index in [-0.39, 0.29) is 54.4 Å². The lowest BCUT2D eigenvalue weighted by atomic mass is 9.93. The Balaban J connectivity index is 1.31. The van der Waals surface area contributed by atoms with Crippen LogP contribution in [0.2, 0.25) is 0 Å². The lowest BCUT2D eigenvalue weighted by Gasteiger charge is -2.32. The number of halogens is 1. The lowest BCUT2D eigenvalue weighted by molar-refractivity contribution is -0.145. The number of nitrogens with zero attached hydrogens (tertiary/aromatic N) is 3. The molecule has 3 heterocycles.